The van der Waals surface area contributed by atoms with Crippen LogP contribution in [-0.2, 0) is 13.1 Å². The molecule has 2 atom stereocenters. The van der Waals surface area contributed by atoms with Gasteiger partial charge in [0.15, 0.2) is 0 Å². The van der Waals surface area contributed by atoms with E-state index in [1.807, 2.05) is 6.20 Å². The molecule has 5 nitrogen and oxygen atoms in total. The maximum Gasteiger partial charge on any atom is 0.0922 e. The molecule has 4 rings (SSSR count). The van der Waals surface area contributed by atoms with Gasteiger partial charge in [-0.25, -0.2) is 4.98 Å². The predicted molar refractivity (Wildman–Crippen MR) is 93.3 cm³/mol. The highest BCUT2D eigenvalue weighted by Crippen LogP contribution is 2.39. The standard InChI is InChI=1S/C19H26N4O/c24-18-14-22(13-17-11-20-15-21-17)10-8-19(18)7-4-9-23(19)12-16-5-2-1-3-6-16/h1-3,5-6,11,15,18,24H,4,7-10,12-14H2,(H,20,21)/t18-,19-/m0/s1. The summed E-state index contributed by atoms with van der Waals surface area (Å²) in [5.41, 5.74) is 2.41. The molecule has 2 fully saturated rings. The van der Waals surface area contributed by atoms with Crippen LogP contribution in [0, 0.1) is 0 Å². The Hall–Kier alpha value is -1.69. The topological polar surface area (TPSA) is 55.4 Å². The summed E-state index contributed by atoms with van der Waals surface area (Å²) >= 11 is 0. The van der Waals surface area contributed by atoms with E-state index in [-0.39, 0.29) is 11.6 Å². The molecule has 0 aliphatic carbocycles. The number of aliphatic hydroxyl groups is 1. The number of imidazole rings is 1. The normalized spacial score (nSPS) is 28.6. The summed E-state index contributed by atoms with van der Waals surface area (Å²) in [5.74, 6) is 0. The molecule has 0 saturated carbocycles. The maximum atomic E-state index is 11.0. The summed E-state index contributed by atoms with van der Waals surface area (Å²) in [6.07, 6.45) is 6.63. The van der Waals surface area contributed by atoms with Gasteiger partial charge in [0, 0.05) is 43.6 Å². The lowest BCUT2D eigenvalue weighted by Crippen LogP contribution is -2.61. The average Bonchev–Trinajstić information content (AvgIpc) is 3.23. The third-order valence-corrected chi connectivity index (χ3v) is 5.74. The van der Waals surface area contributed by atoms with Gasteiger partial charge < -0.3 is 10.1 Å². The number of aromatic amines is 1. The van der Waals surface area contributed by atoms with Crippen LogP contribution in [0.3, 0.4) is 0 Å². The van der Waals surface area contributed by atoms with Crippen molar-refractivity contribution in [2.75, 3.05) is 19.6 Å². The Morgan fingerprint density at radius 2 is 2.04 bits per heavy atom. The second kappa shape index (κ2) is 6.67. The first-order chi connectivity index (χ1) is 11.8. The summed E-state index contributed by atoms with van der Waals surface area (Å²) in [4.78, 5) is 12.1. The number of rotatable bonds is 4. The van der Waals surface area contributed by atoms with Gasteiger partial charge >= 0.3 is 0 Å². The van der Waals surface area contributed by atoms with Gasteiger partial charge in [0.25, 0.3) is 0 Å². The van der Waals surface area contributed by atoms with Crippen molar-refractivity contribution in [3.63, 3.8) is 0 Å². The highest BCUT2D eigenvalue weighted by atomic mass is 16.3. The lowest BCUT2D eigenvalue weighted by molar-refractivity contribution is -0.0685. The molecule has 5 heteroatoms. The van der Waals surface area contributed by atoms with Gasteiger partial charge in [-0.3, -0.25) is 9.80 Å². The fourth-order valence-corrected chi connectivity index (χ4v) is 4.44. The van der Waals surface area contributed by atoms with Crippen molar-refractivity contribution in [3.8, 4) is 0 Å². The summed E-state index contributed by atoms with van der Waals surface area (Å²) < 4.78 is 0. The molecular formula is C19H26N4O. The van der Waals surface area contributed by atoms with Gasteiger partial charge in [-0.1, -0.05) is 30.3 Å². The van der Waals surface area contributed by atoms with Crippen LogP contribution >= 0.6 is 0 Å². The number of piperidine rings is 1. The smallest absolute Gasteiger partial charge is 0.0922 e. The molecule has 24 heavy (non-hydrogen) atoms. The van der Waals surface area contributed by atoms with E-state index in [0.29, 0.717) is 0 Å². The first-order valence-corrected chi connectivity index (χ1v) is 8.93. The molecule has 2 aromatic rings. The predicted octanol–water partition coefficient (Wildman–Crippen LogP) is 2.01. The zero-order valence-corrected chi connectivity index (χ0v) is 14.1. The fourth-order valence-electron chi connectivity index (χ4n) is 4.44. The monoisotopic (exact) mass is 326 g/mol. The third-order valence-electron chi connectivity index (χ3n) is 5.74. The van der Waals surface area contributed by atoms with E-state index in [1.54, 1.807) is 6.33 Å². The molecular weight excluding hydrogens is 300 g/mol. The maximum absolute atomic E-state index is 11.0. The Morgan fingerprint density at radius 1 is 1.17 bits per heavy atom. The lowest BCUT2D eigenvalue weighted by Gasteiger charge is -2.48. The van der Waals surface area contributed by atoms with Gasteiger partial charge in [-0.05, 0) is 31.4 Å². The van der Waals surface area contributed by atoms with Crippen LogP contribution in [0.25, 0.3) is 0 Å². The molecule has 0 radical (unpaired) electrons. The van der Waals surface area contributed by atoms with E-state index < -0.39 is 0 Å². The molecule has 2 N–H and O–H groups in total. The van der Waals surface area contributed by atoms with E-state index in [4.69, 9.17) is 0 Å². The molecule has 2 aliphatic heterocycles. The van der Waals surface area contributed by atoms with Gasteiger partial charge in [0.05, 0.1) is 12.4 Å². The van der Waals surface area contributed by atoms with Gasteiger partial charge in [0.2, 0.25) is 0 Å². The molecule has 1 aromatic carbocycles. The largest absolute Gasteiger partial charge is 0.390 e. The third kappa shape index (κ3) is 2.99. The molecule has 2 saturated heterocycles. The summed E-state index contributed by atoms with van der Waals surface area (Å²) in [7, 11) is 0. The molecule has 0 amide bonds. The number of nitrogens with one attached hydrogen (secondary N) is 1. The number of hydrogen-bond acceptors (Lipinski definition) is 4. The Labute approximate surface area is 143 Å². The van der Waals surface area contributed by atoms with E-state index in [9.17, 15) is 5.11 Å². The van der Waals surface area contributed by atoms with Gasteiger partial charge in [0.1, 0.15) is 0 Å². The van der Waals surface area contributed by atoms with E-state index in [2.05, 4.69) is 50.1 Å². The van der Waals surface area contributed by atoms with Crippen molar-refractivity contribution in [3.05, 3.63) is 54.1 Å². The van der Waals surface area contributed by atoms with E-state index >= 15 is 0 Å². The van der Waals surface area contributed by atoms with Crippen molar-refractivity contribution >= 4 is 0 Å². The van der Waals surface area contributed by atoms with Crippen LogP contribution in [0.15, 0.2) is 42.9 Å². The minimum absolute atomic E-state index is 0.0413. The number of β-amino-alcohol motifs (C(OH)–C–C–N with tert-alkyl or cyclic N) is 1. The number of aromatic nitrogens is 2. The minimum Gasteiger partial charge on any atom is -0.390 e. The van der Waals surface area contributed by atoms with Crippen molar-refractivity contribution < 1.29 is 5.11 Å². The van der Waals surface area contributed by atoms with Crippen LogP contribution in [0.2, 0.25) is 0 Å². The Kier molecular flexibility index (Phi) is 4.39. The molecule has 3 heterocycles. The number of nitrogens with zero attached hydrogens (tertiary/aromatic N) is 3. The molecule has 1 aromatic heterocycles. The first kappa shape index (κ1) is 15.8. The summed E-state index contributed by atoms with van der Waals surface area (Å²) in [5, 5.41) is 11.0. The molecule has 2 aliphatic rings. The molecule has 0 bridgehead atoms. The van der Waals surface area contributed by atoms with Crippen molar-refractivity contribution in [2.45, 2.75) is 44.0 Å². The number of H-pyrrole nitrogens is 1. The minimum atomic E-state index is -0.291. The summed E-state index contributed by atoms with van der Waals surface area (Å²) in [6, 6.07) is 10.6. The highest BCUT2D eigenvalue weighted by molar-refractivity contribution is 5.16. The molecule has 1 spiro atoms. The Morgan fingerprint density at radius 3 is 2.79 bits per heavy atom. The second-order valence-corrected chi connectivity index (χ2v) is 7.19. The number of likely N-dealkylation sites (tertiary alicyclic amines) is 2. The van der Waals surface area contributed by atoms with Crippen LogP contribution in [-0.4, -0.2) is 56.2 Å². The average molecular weight is 326 g/mol. The SMILES string of the molecule is O[C@H]1CN(Cc2cnc[nH]2)CC[C@@]12CCCN2Cc1ccccc1. The van der Waals surface area contributed by atoms with Crippen LogP contribution in [0.4, 0.5) is 0 Å². The first-order valence-electron chi connectivity index (χ1n) is 8.93. The van der Waals surface area contributed by atoms with Crippen molar-refractivity contribution in [1.82, 2.24) is 19.8 Å². The Balaban J connectivity index is 1.44. The number of hydrogen-bond donors (Lipinski definition) is 2. The van der Waals surface area contributed by atoms with Crippen molar-refractivity contribution in [1.29, 1.82) is 0 Å². The molecule has 128 valence electrons. The lowest BCUT2D eigenvalue weighted by atomic mass is 9.82. The fraction of sp³-hybridized carbons (Fsp3) is 0.526. The zero-order chi connectivity index (χ0) is 16.4. The zero-order valence-electron chi connectivity index (χ0n) is 14.1. The van der Waals surface area contributed by atoms with Crippen LogP contribution < -0.4 is 0 Å². The second-order valence-electron chi connectivity index (χ2n) is 7.19. The quantitative estimate of drug-likeness (QED) is 0.902. The van der Waals surface area contributed by atoms with Crippen LogP contribution in [0.5, 0.6) is 0 Å². The number of benzene rings is 1. The van der Waals surface area contributed by atoms with E-state index in [1.165, 1.54) is 12.0 Å². The van der Waals surface area contributed by atoms with Gasteiger partial charge in [-0.15, -0.1) is 0 Å². The van der Waals surface area contributed by atoms with Crippen LogP contribution in [0.1, 0.15) is 30.5 Å². The Bertz CT molecular complexity index is 645. The highest BCUT2D eigenvalue weighted by Gasteiger charge is 2.48. The van der Waals surface area contributed by atoms with E-state index in [0.717, 1.165) is 51.3 Å². The van der Waals surface area contributed by atoms with Crippen molar-refractivity contribution in [2.24, 2.45) is 0 Å². The summed E-state index contributed by atoms with van der Waals surface area (Å²) in [6.45, 7) is 4.64. The molecule has 0 unspecified atom stereocenters. The number of aliphatic hydroxyl groups excluding tert-OH is 1. The van der Waals surface area contributed by atoms with Gasteiger partial charge in [-0.2, -0.15) is 0 Å².